The molecule has 2 aromatic heterocycles. The molecular weight excluding hydrogens is 424 g/mol. The summed E-state index contributed by atoms with van der Waals surface area (Å²) in [5.41, 5.74) is 4.19. The summed E-state index contributed by atoms with van der Waals surface area (Å²) in [6.07, 6.45) is 7.08. The summed E-state index contributed by atoms with van der Waals surface area (Å²) in [7, 11) is 0. The molecule has 0 aliphatic carbocycles. The molecule has 0 aliphatic heterocycles. The number of nitrogens with zero attached hydrogens (tertiary/aromatic N) is 6. The van der Waals surface area contributed by atoms with Gasteiger partial charge in [-0.15, -0.1) is 17.9 Å². The van der Waals surface area contributed by atoms with Crippen LogP contribution in [0.1, 0.15) is 12.5 Å². The van der Waals surface area contributed by atoms with Crippen molar-refractivity contribution in [1.29, 1.82) is 0 Å². The molecule has 0 spiro atoms. The van der Waals surface area contributed by atoms with Crippen LogP contribution in [0.3, 0.4) is 0 Å². The van der Waals surface area contributed by atoms with E-state index in [2.05, 4.69) is 16.6 Å². The average molecular weight is 445 g/mol. The van der Waals surface area contributed by atoms with Crippen molar-refractivity contribution in [3.63, 3.8) is 0 Å². The van der Waals surface area contributed by atoms with Gasteiger partial charge < -0.3 is 4.57 Å². The van der Waals surface area contributed by atoms with Crippen LogP contribution in [-0.4, -0.2) is 31.4 Å². The van der Waals surface area contributed by atoms with Crippen LogP contribution in [0.25, 0.3) is 16.9 Å². The van der Waals surface area contributed by atoms with Crippen molar-refractivity contribution in [3.8, 4) is 16.9 Å². The largest absolute Gasteiger partial charge is 0.306 e. The first-order valence-electron chi connectivity index (χ1n) is 9.78. The van der Waals surface area contributed by atoms with Crippen molar-refractivity contribution in [1.82, 2.24) is 14.2 Å². The van der Waals surface area contributed by atoms with E-state index >= 15 is 0 Å². The molecule has 4 aromatic rings. The summed E-state index contributed by atoms with van der Waals surface area (Å²) in [6.45, 7) is 6.09. The molecule has 9 heteroatoms. The third kappa shape index (κ3) is 4.47. The molecule has 0 N–H and O–H groups in total. The molecule has 0 unspecified atom stereocenters. The Bertz CT molecular complexity index is 1350. The van der Waals surface area contributed by atoms with Crippen LogP contribution in [0.15, 0.2) is 95.4 Å². The number of rotatable bonds is 7. The number of benzene rings is 2. The van der Waals surface area contributed by atoms with Gasteiger partial charge in [0.1, 0.15) is 0 Å². The van der Waals surface area contributed by atoms with E-state index in [4.69, 9.17) is 5.10 Å². The van der Waals surface area contributed by atoms with Crippen LogP contribution in [0.4, 0.5) is 5.69 Å². The van der Waals surface area contributed by atoms with Gasteiger partial charge in [0.15, 0.2) is 0 Å². The van der Waals surface area contributed by atoms with Crippen LogP contribution in [0, 0.1) is 10.1 Å². The number of nitro benzene ring substituents is 1. The number of imidazole rings is 1. The Morgan fingerprint density at radius 2 is 2.09 bits per heavy atom. The molecule has 8 nitrogen and oxygen atoms in total. The maximum atomic E-state index is 11.2. The maximum Gasteiger partial charge on any atom is 0.270 e. The van der Waals surface area contributed by atoms with Crippen LogP contribution in [0.2, 0.25) is 0 Å². The number of hydrogen-bond donors (Lipinski definition) is 0. The summed E-state index contributed by atoms with van der Waals surface area (Å²) in [5.74, 6) is 0. The Kier molecular flexibility index (Phi) is 6.18. The molecule has 0 fully saturated rings. The van der Waals surface area contributed by atoms with Gasteiger partial charge in [-0.3, -0.25) is 15.1 Å². The molecular formula is C23H20N6O2S. The fraction of sp³-hybridized carbons (Fsp3) is 0.0870. The smallest absolute Gasteiger partial charge is 0.270 e. The second-order valence-electron chi connectivity index (χ2n) is 6.85. The predicted molar refractivity (Wildman–Crippen MR) is 126 cm³/mol. The Morgan fingerprint density at radius 1 is 1.28 bits per heavy atom. The fourth-order valence-electron chi connectivity index (χ4n) is 3.12. The van der Waals surface area contributed by atoms with E-state index in [0.717, 1.165) is 22.7 Å². The van der Waals surface area contributed by atoms with E-state index in [0.29, 0.717) is 16.9 Å². The normalized spacial score (nSPS) is 12.2. The summed E-state index contributed by atoms with van der Waals surface area (Å²) < 4.78 is 3.66. The summed E-state index contributed by atoms with van der Waals surface area (Å²) in [6, 6.07) is 14.5. The van der Waals surface area contributed by atoms with Crippen molar-refractivity contribution in [3.05, 3.63) is 106 Å². The van der Waals surface area contributed by atoms with Gasteiger partial charge in [0.25, 0.3) is 5.69 Å². The molecule has 0 aliphatic rings. The fourth-order valence-corrected chi connectivity index (χ4v) is 3.96. The molecule has 0 radical (unpaired) electrons. The highest BCUT2D eigenvalue weighted by Crippen LogP contribution is 2.24. The molecule has 0 saturated heterocycles. The monoisotopic (exact) mass is 444 g/mol. The molecule has 2 aromatic carbocycles. The molecule has 0 saturated carbocycles. The number of thiazole rings is 1. The van der Waals surface area contributed by atoms with Crippen LogP contribution < -0.4 is 4.80 Å². The van der Waals surface area contributed by atoms with Crippen molar-refractivity contribution in [2.45, 2.75) is 6.92 Å². The maximum absolute atomic E-state index is 11.2. The first-order valence-corrected chi connectivity index (χ1v) is 10.7. The quantitative estimate of drug-likeness (QED) is 0.179. The predicted octanol–water partition coefficient (Wildman–Crippen LogP) is 4.67. The van der Waals surface area contributed by atoms with Gasteiger partial charge in [-0.25, -0.2) is 9.66 Å². The summed E-state index contributed by atoms with van der Waals surface area (Å²) >= 11 is 1.42. The molecule has 0 atom stereocenters. The Balaban J connectivity index is 1.77. The minimum Gasteiger partial charge on any atom is -0.306 e. The van der Waals surface area contributed by atoms with Crippen LogP contribution in [0.5, 0.6) is 0 Å². The highest BCUT2D eigenvalue weighted by atomic mass is 32.1. The Hall–Kier alpha value is -4.11. The van der Waals surface area contributed by atoms with Crippen LogP contribution in [-0.2, 0) is 0 Å². The number of aromatic nitrogens is 3. The first-order chi connectivity index (χ1) is 15.6. The van der Waals surface area contributed by atoms with E-state index in [1.54, 1.807) is 35.4 Å². The molecule has 160 valence electrons. The number of hydrogen-bond acceptors (Lipinski definition) is 6. The minimum atomic E-state index is -0.403. The number of non-ortho nitro benzene ring substituents is 1. The molecule has 2 heterocycles. The van der Waals surface area contributed by atoms with Crippen molar-refractivity contribution >= 4 is 22.7 Å². The SMILES string of the molecule is C=CCN=c1scc(-c2cccc([N+](=O)[O-])c2)n1N=C(C)c1ccc(-n2ccnc2)cc1. The van der Waals surface area contributed by atoms with Gasteiger partial charge in [0.2, 0.25) is 4.80 Å². The highest BCUT2D eigenvalue weighted by molar-refractivity contribution is 7.07. The standard InChI is InChI=1S/C23H20N6O2S/c1-3-11-25-23-28(22(15-32-23)19-5-4-6-21(14-19)29(30)31)26-17(2)18-7-9-20(10-8-18)27-13-12-24-16-27/h3-10,12-16H,1,11H2,2H3. The van der Waals surface area contributed by atoms with E-state index in [1.807, 2.05) is 53.4 Å². The van der Waals surface area contributed by atoms with Gasteiger partial charge >= 0.3 is 0 Å². The lowest BCUT2D eigenvalue weighted by molar-refractivity contribution is -0.384. The lowest BCUT2D eigenvalue weighted by Crippen LogP contribution is -2.14. The van der Waals surface area contributed by atoms with Crippen LogP contribution >= 0.6 is 11.3 Å². The molecule has 0 bridgehead atoms. The average Bonchev–Trinajstić information content (AvgIpc) is 3.48. The number of nitro groups is 1. The van der Waals surface area contributed by atoms with E-state index in [-0.39, 0.29) is 5.69 Å². The molecule has 32 heavy (non-hydrogen) atoms. The van der Waals surface area contributed by atoms with Crippen molar-refractivity contribution < 1.29 is 4.92 Å². The third-order valence-electron chi connectivity index (χ3n) is 4.73. The Labute approximate surface area is 188 Å². The van der Waals surface area contributed by atoms with Gasteiger partial charge in [-0.2, -0.15) is 5.10 Å². The zero-order chi connectivity index (χ0) is 22.5. The lowest BCUT2D eigenvalue weighted by Gasteiger charge is -2.08. The van der Waals surface area contributed by atoms with E-state index in [9.17, 15) is 10.1 Å². The van der Waals surface area contributed by atoms with Gasteiger partial charge in [-0.1, -0.05) is 30.3 Å². The van der Waals surface area contributed by atoms with Gasteiger partial charge in [0, 0.05) is 41.2 Å². The van der Waals surface area contributed by atoms with Gasteiger partial charge in [-0.05, 0) is 24.6 Å². The van der Waals surface area contributed by atoms with Gasteiger partial charge in [0.05, 0.1) is 29.2 Å². The third-order valence-corrected chi connectivity index (χ3v) is 5.59. The second kappa shape index (κ2) is 9.36. The highest BCUT2D eigenvalue weighted by Gasteiger charge is 2.13. The zero-order valence-corrected chi connectivity index (χ0v) is 18.1. The Morgan fingerprint density at radius 3 is 2.78 bits per heavy atom. The minimum absolute atomic E-state index is 0.0284. The lowest BCUT2D eigenvalue weighted by atomic mass is 10.1. The van der Waals surface area contributed by atoms with E-state index in [1.165, 1.54) is 17.4 Å². The topological polar surface area (TPSA) is 90.6 Å². The first kappa shape index (κ1) is 21.1. The van der Waals surface area contributed by atoms with Crippen molar-refractivity contribution in [2.75, 3.05) is 6.54 Å². The molecule has 0 amide bonds. The molecule has 4 rings (SSSR count). The zero-order valence-electron chi connectivity index (χ0n) is 17.3. The van der Waals surface area contributed by atoms with E-state index < -0.39 is 4.92 Å². The summed E-state index contributed by atoms with van der Waals surface area (Å²) in [4.78, 5) is 20.1. The summed E-state index contributed by atoms with van der Waals surface area (Å²) in [5, 5.41) is 17.9. The van der Waals surface area contributed by atoms with Crippen molar-refractivity contribution in [2.24, 2.45) is 10.1 Å². The second-order valence-corrected chi connectivity index (χ2v) is 7.69.